The van der Waals surface area contributed by atoms with Crippen LogP contribution in [0.4, 0.5) is 0 Å². The van der Waals surface area contributed by atoms with Crippen LogP contribution in [-0.4, -0.2) is 69.9 Å². The highest BCUT2D eigenvalue weighted by Crippen LogP contribution is 2.42. The molecule has 2 fully saturated rings. The highest BCUT2D eigenvalue weighted by Gasteiger charge is 2.22. The SMILES string of the molecule is COc1nc(-c2cccc(-c3cccc(-c4ccn5c(=O)c(CNC6CCN(C(C)=O)CC6)cnc5c4)c3Cl)c2Cl)ccc1CNC[C@@H]1CCC(=O)N1. The molecule has 0 bridgehead atoms. The minimum absolute atomic E-state index is 0.0930. The van der Waals surface area contributed by atoms with Crippen LogP contribution < -0.4 is 26.2 Å². The molecule has 5 heterocycles. The Balaban J connectivity index is 1.09. The number of amides is 2. The monoisotopic (exact) mass is 753 g/mol. The number of hydrogen-bond acceptors (Lipinski definition) is 8. The standard InChI is InChI=1S/C40H41Cl2N7O4/c1-24(50)48-16-14-28(15-17-48)44-21-27-22-45-35-19-25(13-18-49(35)40(27)52)30-5-3-6-31(37(30)41)32-7-4-8-33(38(32)42)34-11-9-26(39(47-34)53-2)20-43-23-29-10-12-36(51)46-29/h3-9,11,13,18-19,22,28-29,43-44H,10,12,14-17,20-21,23H2,1-2H3,(H,46,51)/t29-/m0/s1. The summed E-state index contributed by atoms with van der Waals surface area (Å²) >= 11 is 14.2. The number of carbonyl (C=O) groups is 2. The average molecular weight is 755 g/mol. The number of piperidine rings is 1. The smallest absolute Gasteiger partial charge is 0.262 e. The molecule has 0 spiro atoms. The summed E-state index contributed by atoms with van der Waals surface area (Å²) in [5.41, 5.74) is 6.33. The summed E-state index contributed by atoms with van der Waals surface area (Å²) in [7, 11) is 1.59. The van der Waals surface area contributed by atoms with Gasteiger partial charge in [0.25, 0.3) is 5.56 Å². The molecule has 2 amide bonds. The number of fused-ring (bicyclic) bond motifs is 1. The van der Waals surface area contributed by atoms with Crippen LogP contribution in [0.3, 0.4) is 0 Å². The number of nitrogens with one attached hydrogen (secondary N) is 3. The van der Waals surface area contributed by atoms with Crippen molar-refractivity contribution >= 4 is 40.7 Å². The second kappa shape index (κ2) is 16.1. The van der Waals surface area contributed by atoms with Gasteiger partial charge in [0.05, 0.1) is 28.4 Å². The normalized spacial score (nSPS) is 16.3. The van der Waals surface area contributed by atoms with Crippen LogP contribution in [-0.2, 0) is 22.7 Å². The number of ether oxygens (including phenoxy) is 1. The minimum Gasteiger partial charge on any atom is -0.481 e. The van der Waals surface area contributed by atoms with Crippen molar-refractivity contribution in [3.63, 3.8) is 0 Å². The number of likely N-dealkylation sites (tertiary alicyclic amines) is 1. The first kappa shape index (κ1) is 36.5. The molecular formula is C40H41Cl2N7O4. The first-order chi connectivity index (χ1) is 25.7. The van der Waals surface area contributed by atoms with Gasteiger partial charge in [0.2, 0.25) is 17.7 Å². The zero-order valence-corrected chi connectivity index (χ0v) is 31.1. The lowest BCUT2D eigenvalue weighted by Gasteiger charge is -2.31. The number of carbonyl (C=O) groups excluding carboxylic acids is 2. The number of benzene rings is 2. The van der Waals surface area contributed by atoms with Crippen LogP contribution in [0.5, 0.6) is 5.88 Å². The third-order valence-corrected chi connectivity index (χ3v) is 10.9. The maximum atomic E-state index is 13.4. The maximum Gasteiger partial charge on any atom is 0.262 e. The van der Waals surface area contributed by atoms with Crippen LogP contribution in [0.1, 0.15) is 43.7 Å². The summed E-state index contributed by atoms with van der Waals surface area (Å²) in [4.78, 5) is 47.9. The van der Waals surface area contributed by atoms with Gasteiger partial charge in [0.15, 0.2) is 0 Å². The molecule has 13 heteroatoms. The van der Waals surface area contributed by atoms with Crippen molar-refractivity contribution < 1.29 is 14.3 Å². The highest BCUT2D eigenvalue weighted by atomic mass is 35.5. The molecule has 274 valence electrons. The van der Waals surface area contributed by atoms with Gasteiger partial charge in [0, 0.05) is 98.4 Å². The molecule has 0 saturated carbocycles. The summed E-state index contributed by atoms with van der Waals surface area (Å²) in [6.45, 7) is 4.65. The van der Waals surface area contributed by atoms with Crippen molar-refractivity contribution in [3.05, 3.63) is 105 Å². The fraction of sp³-hybridized carbons (Fsp3) is 0.325. The molecule has 53 heavy (non-hydrogen) atoms. The van der Waals surface area contributed by atoms with Crippen LogP contribution in [0.2, 0.25) is 10.0 Å². The van der Waals surface area contributed by atoms with E-state index in [-0.39, 0.29) is 29.5 Å². The Labute approximate surface area is 317 Å². The quantitative estimate of drug-likeness (QED) is 0.153. The number of pyridine rings is 2. The first-order valence-corrected chi connectivity index (χ1v) is 18.6. The van der Waals surface area contributed by atoms with E-state index in [2.05, 4.69) is 20.9 Å². The van der Waals surface area contributed by atoms with E-state index in [0.717, 1.165) is 65.7 Å². The molecule has 11 nitrogen and oxygen atoms in total. The predicted molar refractivity (Wildman–Crippen MR) is 207 cm³/mol. The van der Waals surface area contributed by atoms with Gasteiger partial charge in [-0.15, -0.1) is 0 Å². The third kappa shape index (κ3) is 7.94. The van der Waals surface area contributed by atoms with Crippen LogP contribution in [0.25, 0.3) is 39.2 Å². The van der Waals surface area contributed by atoms with E-state index in [1.807, 2.05) is 65.6 Å². The number of halogens is 2. The van der Waals surface area contributed by atoms with Crippen molar-refractivity contribution in [2.24, 2.45) is 0 Å². The predicted octanol–water partition coefficient (Wildman–Crippen LogP) is 5.87. The van der Waals surface area contributed by atoms with Crippen LogP contribution >= 0.6 is 23.2 Å². The number of hydrogen-bond donors (Lipinski definition) is 3. The summed E-state index contributed by atoms with van der Waals surface area (Å²) in [6.07, 6.45) is 6.45. The van der Waals surface area contributed by atoms with Gasteiger partial charge in [-0.25, -0.2) is 9.97 Å². The lowest BCUT2D eigenvalue weighted by Crippen LogP contribution is -2.44. The molecule has 3 aromatic heterocycles. The average Bonchev–Trinajstić information content (AvgIpc) is 3.59. The molecule has 2 saturated heterocycles. The van der Waals surface area contributed by atoms with Crippen LogP contribution in [0.15, 0.2) is 77.9 Å². The number of nitrogens with zero attached hydrogens (tertiary/aromatic N) is 4. The third-order valence-electron chi connectivity index (χ3n) is 10.1. The largest absolute Gasteiger partial charge is 0.481 e. The molecule has 3 N–H and O–H groups in total. The lowest BCUT2D eigenvalue weighted by atomic mass is 9.97. The molecule has 2 aliphatic rings. The van der Waals surface area contributed by atoms with Crippen molar-refractivity contribution in [3.8, 4) is 39.4 Å². The fourth-order valence-corrected chi connectivity index (χ4v) is 7.76. The Morgan fingerprint density at radius 2 is 1.64 bits per heavy atom. The van der Waals surface area contributed by atoms with Gasteiger partial charge < -0.3 is 25.6 Å². The van der Waals surface area contributed by atoms with E-state index in [9.17, 15) is 14.4 Å². The molecule has 1 atom stereocenters. The van der Waals surface area contributed by atoms with Crippen LogP contribution in [0, 0.1) is 0 Å². The summed E-state index contributed by atoms with van der Waals surface area (Å²) < 4.78 is 7.20. The summed E-state index contributed by atoms with van der Waals surface area (Å²) in [5.74, 6) is 0.683. The van der Waals surface area contributed by atoms with E-state index in [0.29, 0.717) is 58.9 Å². The van der Waals surface area contributed by atoms with Crippen molar-refractivity contribution in [1.82, 2.24) is 35.2 Å². The fourth-order valence-electron chi connectivity index (χ4n) is 7.10. The molecule has 2 aromatic carbocycles. The number of methoxy groups -OCH3 is 1. The number of aromatic nitrogens is 3. The Bertz CT molecular complexity index is 2240. The second-order valence-corrected chi connectivity index (χ2v) is 14.3. The van der Waals surface area contributed by atoms with Gasteiger partial charge in [-0.3, -0.25) is 18.8 Å². The topological polar surface area (TPSA) is 130 Å². The molecule has 7 rings (SSSR count). The van der Waals surface area contributed by atoms with Gasteiger partial charge in [-0.05, 0) is 43.0 Å². The molecule has 5 aromatic rings. The Morgan fingerprint density at radius 3 is 2.34 bits per heavy atom. The Morgan fingerprint density at radius 1 is 0.925 bits per heavy atom. The van der Waals surface area contributed by atoms with Crippen molar-refractivity contribution in [1.29, 1.82) is 0 Å². The molecular weight excluding hydrogens is 713 g/mol. The van der Waals surface area contributed by atoms with Gasteiger partial charge in [0.1, 0.15) is 5.65 Å². The zero-order chi connectivity index (χ0) is 37.1. The minimum atomic E-state index is -0.132. The molecule has 0 unspecified atom stereocenters. The van der Waals surface area contributed by atoms with Gasteiger partial charge >= 0.3 is 0 Å². The highest BCUT2D eigenvalue weighted by molar-refractivity contribution is 6.39. The molecule has 0 radical (unpaired) electrons. The van der Waals surface area contributed by atoms with Gasteiger partial charge in [-0.2, -0.15) is 0 Å². The van der Waals surface area contributed by atoms with E-state index >= 15 is 0 Å². The lowest BCUT2D eigenvalue weighted by molar-refractivity contribution is -0.130. The molecule has 0 aliphatic carbocycles. The van der Waals surface area contributed by atoms with E-state index in [1.54, 1.807) is 30.8 Å². The zero-order valence-electron chi connectivity index (χ0n) is 29.6. The van der Waals surface area contributed by atoms with Crippen molar-refractivity contribution in [2.75, 3.05) is 26.7 Å². The van der Waals surface area contributed by atoms with E-state index < -0.39 is 0 Å². The maximum absolute atomic E-state index is 13.4. The Hall–Kier alpha value is -4.81. The van der Waals surface area contributed by atoms with Gasteiger partial charge in [-0.1, -0.05) is 65.7 Å². The summed E-state index contributed by atoms with van der Waals surface area (Å²) in [5, 5.41) is 10.8. The number of rotatable bonds is 11. The van der Waals surface area contributed by atoms with E-state index in [4.69, 9.17) is 32.9 Å². The molecule has 2 aliphatic heterocycles. The Kier molecular flexibility index (Phi) is 11.1. The van der Waals surface area contributed by atoms with Crippen molar-refractivity contribution in [2.45, 2.75) is 57.8 Å². The second-order valence-electron chi connectivity index (χ2n) is 13.5. The first-order valence-electron chi connectivity index (χ1n) is 17.8. The summed E-state index contributed by atoms with van der Waals surface area (Å²) in [6, 6.07) is 19.5. The van der Waals surface area contributed by atoms with E-state index in [1.165, 1.54) is 0 Å².